The van der Waals surface area contributed by atoms with Gasteiger partial charge in [-0.1, -0.05) is 84.4 Å². The zero-order chi connectivity index (χ0) is 22.1. The van der Waals surface area contributed by atoms with E-state index in [9.17, 15) is 9.59 Å². The van der Waals surface area contributed by atoms with Crippen molar-refractivity contribution in [1.82, 2.24) is 9.78 Å². The molecule has 0 bridgehead atoms. The zero-order valence-electron chi connectivity index (χ0n) is 16.9. The van der Waals surface area contributed by atoms with Crippen molar-refractivity contribution >= 4 is 39.1 Å². The van der Waals surface area contributed by atoms with Gasteiger partial charge in [0.1, 0.15) is 5.75 Å². The number of fused-ring (bicyclic) bond motifs is 2. The summed E-state index contributed by atoms with van der Waals surface area (Å²) >= 11 is 6.29. The maximum atomic E-state index is 13.2. The molecule has 0 N–H and O–H groups in total. The molecule has 0 aliphatic rings. The van der Waals surface area contributed by atoms with Crippen molar-refractivity contribution in [2.24, 2.45) is 0 Å². The number of carbonyl (C=O) groups excluding carboxylic acids is 1. The van der Waals surface area contributed by atoms with E-state index in [2.05, 4.69) is 5.10 Å². The lowest BCUT2D eigenvalue weighted by Gasteiger charge is -2.12. The molecular weight excluding hydrogens is 424 g/mol. The maximum Gasteiger partial charge on any atom is 0.364 e. The topological polar surface area (TPSA) is 61.2 Å². The highest BCUT2D eigenvalue weighted by atomic mass is 35.5. The van der Waals surface area contributed by atoms with Crippen LogP contribution in [0.4, 0.5) is 0 Å². The van der Waals surface area contributed by atoms with Crippen molar-refractivity contribution in [3.8, 4) is 5.75 Å². The van der Waals surface area contributed by atoms with Crippen molar-refractivity contribution < 1.29 is 9.53 Å². The maximum absolute atomic E-state index is 13.2. The highest BCUT2D eigenvalue weighted by Crippen LogP contribution is 2.32. The quantitative estimate of drug-likeness (QED) is 0.274. The van der Waals surface area contributed by atoms with Gasteiger partial charge in [-0.3, -0.25) is 4.79 Å². The predicted molar refractivity (Wildman–Crippen MR) is 125 cm³/mol. The van der Waals surface area contributed by atoms with Crippen molar-refractivity contribution in [3.63, 3.8) is 0 Å². The number of nitrogens with zero attached hydrogens (tertiary/aromatic N) is 2. The van der Waals surface area contributed by atoms with Crippen LogP contribution in [0.2, 0.25) is 5.02 Å². The first kappa shape index (κ1) is 20.0. The summed E-state index contributed by atoms with van der Waals surface area (Å²) in [5, 5.41) is 7.32. The Balaban J connectivity index is 1.61. The summed E-state index contributed by atoms with van der Waals surface area (Å²) in [6.07, 6.45) is 0. The molecule has 0 aliphatic carbocycles. The van der Waals surface area contributed by atoms with Crippen LogP contribution in [-0.4, -0.2) is 15.7 Å². The summed E-state index contributed by atoms with van der Waals surface area (Å²) in [4.78, 5) is 26.3. The Labute approximate surface area is 188 Å². The summed E-state index contributed by atoms with van der Waals surface area (Å²) in [5.74, 6) is -0.267. The summed E-state index contributed by atoms with van der Waals surface area (Å²) in [6, 6.07) is 27.2. The monoisotopic (exact) mass is 440 g/mol. The Hall–Kier alpha value is -3.96. The van der Waals surface area contributed by atoms with Crippen LogP contribution in [0.5, 0.6) is 5.75 Å². The van der Waals surface area contributed by atoms with Crippen LogP contribution in [0.3, 0.4) is 0 Å². The summed E-state index contributed by atoms with van der Waals surface area (Å²) in [6.45, 7) is 0.245. The van der Waals surface area contributed by atoms with E-state index in [0.29, 0.717) is 21.5 Å². The second-order valence-electron chi connectivity index (χ2n) is 7.32. The Bertz CT molecular complexity index is 1530. The van der Waals surface area contributed by atoms with Crippen LogP contribution >= 0.6 is 11.6 Å². The number of hydrogen-bond donors (Lipinski definition) is 0. The third-order valence-corrected chi connectivity index (χ3v) is 5.60. The molecule has 0 saturated heterocycles. The lowest BCUT2D eigenvalue weighted by atomic mass is 10.1. The number of ether oxygens (including phenoxy) is 1. The summed E-state index contributed by atoms with van der Waals surface area (Å²) in [7, 11) is 0. The molecule has 156 valence electrons. The van der Waals surface area contributed by atoms with E-state index in [-0.39, 0.29) is 17.8 Å². The molecule has 1 heterocycles. The molecule has 4 aromatic carbocycles. The van der Waals surface area contributed by atoms with Gasteiger partial charge in [0.05, 0.1) is 11.9 Å². The van der Waals surface area contributed by atoms with Gasteiger partial charge < -0.3 is 4.74 Å². The molecular formula is C26H17ClN2O3. The van der Waals surface area contributed by atoms with E-state index in [1.165, 1.54) is 4.68 Å². The van der Waals surface area contributed by atoms with Gasteiger partial charge in [0.15, 0.2) is 5.69 Å². The van der Waals surface area contributed by atoms with Gasteiger partial charge >= 0.3 is 5.97 Å². The number of rotatable bonds is 4. The average Bonchev–Trinajstić information content (AvgIpc) is 2.83. The molecule has 0 spiro atoms. The average molecular weight is 441 g/mol. The fraction of sp³-hybridized carbons (Fsp3) is 0.0385. The first-order valence-corrected chi connectivity index (χ1v) is 10.4. The van der Waals surface area contributed by atoms with Crippen molar-refractivity contribution in [2.45, 2.75) is 6.54 Å². The van der Waals surface area contributed by atoms with Crippen LogP contribution in [0.1, 0.15) is 16.1 Å². The number of benzene rings is 4. The van der Waals surface area contributed by atoms with Crippen LogP contribution in [0.25, 0.3) is 21.5 Å². The van der Waals surface area contributed by atoms with Gasteiger partial charge in [0.2, 0.25) is 0 Å². The molecule has 5 rings (SSSR count). The number of carbonyl (C=O) groups is 1. The highest BCUT2D eigenvalue weighted by molar-refractivity contribution is 6.35. The Morgan fingerprint density at radius 3 is 2.16 bits per heavy atom. The highest BCUT2D eigenvalue weighted by Gasteiger charge is 2.20. The fourth-order valence-electron chi connectivity index (χ4n) is 3.72. The fourth-order valence-corrected chi connectivity index (χ4v) is 3.95. The predicted octanol–water partition coefficient (Wildman–Crippen LogP) is 5.47. The molecule has 0 amide bonds. The molecule has 0 saturated carbocycles. The third kappa shape index (κ3) is 3.63. The largest absolute Gasteiger partial charge is 0.421 e. The number of aromatic nitrogens is 2. The molecule has 1 aromatic heterocycles. The molecule has 32 heavy (non-hydrogen) atoms. The minimum atomic E-state index is -0.643. The van der Waals surface area contributed by atoms with Crippen LogP contribution in [0, 0.1) is 0 Å². The summed E-state index contributed by atoms with van der Waals surface area (Å²) in [5.41, 5.74) is 0.716. The van der Waals surface area contributed by atoms with Gasteiger partial charge in [0.25, 0.3) is 5.56 Å². The standard InChI is InChI=1S/C26H17ClN2O3/c27-22-14-15-23(19-11-5-4-10-18(19)22)32-26(31)24-20-12-6-7-13-21(20)25(30)29(28-24)16-17-8-2-1-3-9-17/h1-15H,16H2. The van der Waals surface area contributed by atoms with Crippen molar-refractivity contribution in [3.05, 3.63) is 118 Å². The van der Waals surface area contributed by atoms with E-state index in [1.807, 2.05) is 54.6 Å². The second kappa shape index (κ2) is 8.29. The number of esters is 1. The first-order valence-electron chi connectivity index (χ1n) is 10.0. The van der Waals surface area contributed by atoms with E-state index in [4.69, 9.17) is 16.3 Å². The van der Waals surface area contributed by atoms with Crippen LogP contribution in [0.15, 0.2) is 95.8 Å². The normalized spacial score (nSPS) is 11.0. The van der Waals surface area contributed by atoms with Crippen molar-refractivity contribution in [1.29, 1.82) is 0 Å². The van der Waals surface area contributed by atoms with Gasteiger partial charge in [-0.05, 0) is 23.8 Å². The number of hydrogen-bond acceptors (Lipinski definition) is 4. The first-order chi connectivity index (χ1) is 15.6. The molecule has 6 heteroatoms. The van der Waals surface area contributed by atoms with Crippen molar-refractivity contribution in [2.75, 3.05) is 0 Å². The smallest absolute Gasteiger partial charge is 0.364 e. The SMILES string of the molecule is O=C(Oc1ccc(Cl)c2ccccc12)c1nn(Cc2ccccc2)c(=O)c2ccccc12. The van der Waals surface area contributed by atoms with Crippen LogP contribution < -0.4 is 10.3 Å². The van der Waals surface area contributed by atoms with E-state index >= 15 is 0 Å². The Morgan fingerprint density at radius 1 is 0.781 bits per heavy atom. The minimum absolute atomic E-state index is 0.0789. The number of halogens is 1. The molecule has 0 radical (unpaired) electrons. The summed E-state index contributed by atoms with van der Waals surface area (Å²) < 4.78 is 7.05. The van der Waals surface area contributed by atoms with Gasteiger partial charge in [-0.2, -0.15) is 5.10 Å². The van der Waals surface area contributed by atoms with E-state index in [0.717, 1.165) is 16.3 Å². The molecule has 0 fully saturated rings. The zero-order valence-corrected chi connectivity index (χ0v) is 17.6. The van der Waals surface area contributed by atoms with Crippen LogP contribution in [-0.2, 0) is 6.54 Å². The molecule has 5 nitrogen and oxygen atoms in total. The van der Waals surface area contributed by atoms with Gasteiger partial charge in [-0.25, -0.2) is 9.48 Å². The van der Waals surface area contributed by atoms with Gasteiger partial charge in [-0.15, -0.1) is 0 Å². The van der Waals surface area contributed by atoms with E-state index < -0.39 is 5.97 Å². The molecule has 5 aromatic rings. The molecule has 0 atom stereocenters. The Morgan fingerprint density at radius 2 is 1.41 bits per heavy atom. The lowest BCUT2D eigenvalue weighted by molar-refractivity contribution is 0.0730. The third-order valence-electron chi connectivity index (χ3n) is 5.27. The van der Waals surface area contributed by atoms with Gasteiger partial charge in [0, 0.05) is 21.2 Å². The second-order valence-corrected chi connectivity index (χ2v) is 7.73. The van der Waals surface area contributed by atoms with E-state index in [1.54, 1.807) is 36.4 Å². The molecule has 0 aliphatic heterocycles. The lowest BCUT2D eigenvalue weighted by Crippen LogP contribution is -2.27. The minimum Gasteiger partial charge on any atom is -0.421 e. The molecule has 0 unspecified atom stereocenters. The Kier molecular flexibility index (Phi) is 5.17.